The molecule has 0 saturated carbocycles. The van der Waals surface area contributed by atoms with Gasteiger partial charge in [-0.25, -0.2) is 0 Å². The maximum absolute atomic E-state index is 13.4. The van der Waals surface area contributed by atoms with Gasteiger partial charge in [0.05, 0.1) is 29.5 Å². The fraction of sp³-hybridized carbons (Fsp3) is 0.636. The van der Waals surface area contributed by atoms with Gasteiger partial charge in [-0.2, -0.15) is 0 Å². The number of carbonyl (C=O) groups is 2. The number of ether oxygens (including phenoxy) is 1. The van der Waals surface area contributed by atoms with Crippen molar-refractivity contribution in [3.8, 4) is 0 Å². The summed E-state index contributed by atoms with van der Waals surface area (Å²) in [4.78, 5) is 27.1. The molecule has 6 heteroatoms. The van der Waals surface area contributed by atoms with Crippen molar-refractivity contribution >= 4 is 17.5 Å². The lowest BCUT2D eigenvalue weighted by atomic mass is 9.73. The van der Waals surface area contributed by atoms with E-state index in [9.17, 15) is 9.59 Å². The van der Waals surface area contributed by atoms with E-state index in [0.29, 0.717) is 31.3 Å². The van der Waals surface area contributed by atoms with Crippen molar-refractivity contribution in [2.75, 3.05) is 31.5 Å². The van der Waals surface area contributed by atoms with Gasteiger partial charge in [-0.15, -0.1) is 0 Å². The monoisotopic (exact) mass is 383 g/mol. The maximum Gasteiger partial charge on any atom is 0.256 e. The Balaban J connectivity index is 1.35. The molecule has 4 atom stereocenters. The van der Waals surface area contributed by atoms with E-state index in [1.54, 1.807) is 0 Å². The summed E-state index contributed by atoms with van der Waals surface area (Å²) >= 11 is 0. The van der Waals surface area contributed by atoms with Crippen molar-refractivity contribution in [2.24, 2.45) is 11.8 Å². The molecule has 28 heavy (non-hydrogen) atoms. The van der Waals surface area contributed by atoms with Crippen molar-refractivity contribution in [3.05, 3.63) is 29.3 Å². The van der Waals surface area contributed by atoms with Crippen LogP contribution in [0.15, 0.2) is 18.2 Å². The molecule has 6 nitrogen and oxygen atoms in total. The molecule has 150 valence electrons. The Morgan fingerprint density at radius 2 is 2.29 bits per heavy atom. The van der Waals surface area contributed by atoms with Crippen LogP contribution >= 0.6 is 0 Å². The second-order valence-electron chi connectivity index (χ2n) is 8.74. The first-order valence-electron chi connectivity index (χ1n) is 10.7. The molecule has 5 rings (SSSR count). The van der Waals surface area contributed by atoms with E-state index < -0.39 is 0 Å². The molecule has 0 unspecified atom stereocenters. The van der Waals surface area contributed by atoms with Crippen molar-refractivity contribution in [2.45, 2.75) is 50.7 Å². The van der Waals surface area contributed by atoms with Gasteiger partial charge in [0.25, 0.3) is 5.91 Å². The number of carbonyl (C=O) groups excluding carboxylic acids is 2. The predicted molar refractivity (Wildman–Crippen MR) is 106 cm³/mol. The Kier molecular flexibility index (Phi) is 4.34. The molecule has 4 heterocycles. The van der Waals surface area contributed by atoms with Crippen molar-refractivity contribution in [1.82, 2.24) is 10.2 Å². The SMILES string of the molecule is CCC(=O)NC[C@H]1[C@H]2CN(C(=O)c3cccc4c3NCCC4)C[C@]23CC[C@H]1O3. The van der Waals surface area contributed by atoms with Crippen LogP contribution in [-0.2, 0) is 16.0 Å². The van der Waals surface area contributed by atoms with Gasteiger partial charge in [0.1, 0.15) is 0 Å². The topological polar surface area (TPSA) is 70.7 Å². The lowest BCUT2D eigenvalue weighted by molar-refractivity contribution is -0.121. The molecule has 0 aliphatic carbocycles. The van der Waals surface area contributed by atoms with E-state index in [1.807, 2.05) is 24.0 Å². The van der Waals surface area contributed by atoms with Gasteiger partial charge in [-0.05, 0) is 37.3 Å². The second kappa shape index (κ2) is 6.76. The summed E-state index contributed by atoms with van der Waals surface area (Å²) in [6, 6.07) is 6.06. The number of para-hydroxylation sites is 1. The zero-order valence-corrected chi connectivity index (χ0v) is 16.5. The predicted octanol–water partition coefficient (Wildman–Crippen LogP) is 2.19. The third-order valence-corrected chi connectivity index (χ3v) is 7.23. The number of amides is 2. The molecule has 4 aliphatic heterocycles. The minimum absolute atomic E-state index is 0.0877. The Hall–Kier alpha value is -2.08. The minimum atomic E-state index is -0.204. The van der Waals surface area contributed by atoms with Crippen LogP contribution in [0, 0.1) is 11.8 Å². The van der Waals surface area contributed by atoms with E-state index in [2.05, 4.69) is 16.7 Å². The molecule has 0 radical (unpaired) electrons. The van der Waals surface area contributed by atoms with Crippen LogP contribution in [-0.4, -0.2) is 54.6 Å². The van der Waals surface area contributed by atoms with Crippen molar-refractivity contribution in [1.29, 1.82) is 0 Å². The van der Waals surface area contributed by atoms with Crippen LogP contribution in [0.5, 0.6) is 0 Å². The third kappa shape index (κ3) is 2.72. The highest BCUT2D eigenvalue weighted by molar-refractivity contribution is 6.00. The van der Waals surface area contributed by atoms with Crippen LogP contribution in [0.25, 0.3) is 0 Å². The Morgan fingerprint density at radius 1 is 1.39 bits per heavy atom. The molecule has 2 bridgehead atoms. The fourth-order valence-corrected chi connectivity index (χ4v) is 5.83. The molecular formula is C22H29N3O3. The summed E-state index contributed by atoms with van der Waals surface area (Å²) in [5, 5.41) is 6.49. The standard InChI is InChI=1S/C22H29N3O3/c1-2-19(26)24-11-16-17-12-25(13-22(17)9-8-18(16)28-22)21(27)15-7-3-5-14-6-4-10-23-20(14)15/h3,5,7,16-18,23H,2,4,6,8-13H2,1H3,(H,24,26)/t16-,17+,18+,22+/m0/s1. The lowest BCUT2D eigenvalue weighted by Gasteiger charge is -2.29. The van der Waals surface area contributed by atoms with Gasteiger partial charge in [-0.3, -0.25) is 9.59 Å². The number of fused-ring (bicyclic) bond motifs is 2. The van der Waals surface area contributed by atoms with Crippen LogP contribution in [0.4, 0.5) is 5.69 Å². The van der Waals surface area contributed by atoms with Gasteiger partial charge in [0.15, 0.2) is 0 Å². The second-order valence-corrected chi connectivity index (χ2v) is 8.74. The van der Waals surface area contributed by atoms with Gasteiger partial charge < -0.3 is 20.3 Å². The van der Waals surface area contributed by atoms with Crippen LogP contribution in [0.2, 0.25) is 0 Å². The average molecular weight is 383 g/mol. The summed E-state index contributed by atoms with van der Waals surface area (Å²) in [5.41, 5.74) is 2.85. The van der Waals surface area contributed by atoms with Gasteiger partial charge in [0.2, 0.25) is 5.91 Å². The number of hydrogen-bond donors (Lipinski definition) is 2. The van der Waals surface area contributed by atoms with Crippen molar-refractivity contribution in [3.63, 3.8) is 0 Å². The zero-order valence-electron chi connectivity index (χ0n) is 16.5. The fourth-order valence-electron chi connectivity index (χ4n) is 5.83. The number of rotatable bonds is 4. The molecule has 1 aromatic rings. The quantitative estimate of drug-likeness (QED) is 0.836. The molecule has 3 fully saturated rings. The molecule has 3 saturated heterocycles. The Labute approximate surface area is 166 Å². The largest absolute Gasteiger partial charge is 0.384 e. The van der Waals surface area contributed by atoms with E-state index in [4.69, 9.17) is 4.74 Å². The van der Waals surface area contributed by atoms with Gasteiger partial charge >= 0.3 is 0 Å². The average Bonchev–Trinajstić information content (AvgIpc) is 3.39. The first kappa shape index (κ1) is 18.0. The molecule has 2 N–H and O–H groups in total. The number of hydrogen-bond acceptors (Lipinski definition) is 4. The highest BCUT2D eigenvalue weighted by Crippen LogP contribution is 2.54. The molecule has 1 aromatic carbocycles. The summed E-state index contributed by atoms with van der Waals surface area (Å²) in [5.74, 6) is 0.827. The molecular weight excluding hydrogens is 354 g/mol. The third-order valence-electron chi connectivity index (χ3n) is 7.23. The summed E-state index contributed by atoms with van der Waals surface area (Å²) < 4.78 is 6.43. The Bertz CT molecular complexity index is 810. The highest BCUT2D eigenvalue weighted by atomic mass is 16.5. The number of anilines is 1. The molecule has 4 aliphatic rings. The van der Waals surface area contributed by atoms with E-state index >= 15 is 0 Å². The smallest absolute Gasteiger partial charge is 0.256 e. The highest BCUT2D eigenvalue weighted by Gasteiger charge is 2.63. The maximum atomic E-state index is 13.4. The molecule has 2 amide bonds. The minimum Gasteiger partial charge on any atom is -0.384 e. The zero-order chi connectivity index (χ0) is 19.3. The molecule has 1 spiro atoms. The van der Waals surface area contributed by atoms with Crippen LogP contribution in [0.1, 0.15) is 48.5 Å². The summed E-state index contributed by atoms with van der Waals surface area (Å²) in [6.45, 7) is 4.86. The lowest BCUT2D eigenvalue weighted by Crippen LogP contribution is -2.41. The number of likely N-dealkylation sites (tertiary alicyclic amines) is 1. The van der Waals surface area contributed by atoms with Gasteiger partial charge in [0, 0.05) is 37.9 Å². The van der Waals surface area contributed by atoms with Crippen LogP contribution in [0.3, 0.4) is 0 Å². The van der Waals surface area contributed by atoms with Gasteiger partial charge in [-0.1, -0.05) is 19.1 Å². The summed E-state index contributed by atoms with van der Waals surface area (Å²) in [7, 11) is 0. The number of benzene rings is 1. The number of aryl methyl sites for hydroxylation is 1. The molecule has 0 aromatic heterocycles. The van der Waals surface area contributed by atoms with E-state index in [0.717, 1.165) is 50.0 Å². The van der Waals surface area contributed by atoms with E-state index in [-0.39, 0.29) is 23.5 Å². The van der Waals surface area contributed by atoms with E-state index in [1.165, 1.54) is 5.56 Å². The number of nitrogens with zero attached hydrogens (tertiary/aromatic N) is 1. The normalized spacial score (nSPS) is 32.6. The first-order chi connectivity index (χ1) is 13.6. The van der Waals surface area contributed by atoms with Crippen LogP contribution < -0.4 is 10.6 Å². The number of nitrogens with one attached hydrogen (secondary N) is 2. The van der Waals surface area contributed by atoms with Crippen molar-refractivity contribution < 1.29 is 14.3 Å². The Morgan fingerprint density at radius 3 is 3.14 bits per heavy atom. The first-order valence-corrected chi connectivity index (χ1v) is 10.7. The summed E-state index contributed by atoms with van der Waals surface area (Å²) in [6.07, 6.45) is 4.93.